The molecule has 3 fully saturated rings. The van der Waals surface area contributed by atoms with Crippen LogP contribution in [0.3, 0.4) is 0 Å². The van der Waals surface area contributed by atoms with E-state index >= 15 is 0 Å². The smallest absolute Gasteiger partial charge is 0.320 e. The van der Waals surface area contributed by atoms with Crippen molar-refractivity contribution in [3.63, 3.8) is 0 Å². The molecule has 0 aromatic heterocycles. The Morgan fingerprint density at radius 2 is 1.62 bits per heavy atom. The zero-order chi connectivity index (χ0) is 36.9. The van der Waals surface area contributed by atoms with Gasteiger partial charge in [-0.2, -0.15) is 0 Å². The molecule has 7 N–H and O–H groups in total. The summed E-state index contributed by atoms with van der Waals surface area (Å²) in [5.74, 6) is 0.689. The van der Waals surface area contributed by atoms with Gasteiger partial charge in [0.05, 0.1) is 20.4 Å². The lowest BCUT2D eigenvalue weighted by Crippen LogP contribution is -2.62. The average Bonchev–Trinajstić information content (AvgIpc) is 3.32. The lowest BCUT2D eigenvalue weighted by atomic mass is 9.45. The van der Waals surface area contributed by atoms with Gasteiger partial charge in [-0.3, -0.25) is 14.4 Å². The Labute approximate surface area is 345 Å². The van der Waals surface area contributed by atoms with Crippen molar-refractivity contribution in [2.24, 2.45) is 34.3 Å². The van der Waals surface area contributed by atoms with E-state index in [9.17, 15) is 34.8 Å². The third kappa shape index (κ3) is 7.51. The van der Waals surface area contributed by atoms with E-state index in [0.29, 0.717) is 37.9 Å². The molecule has 0 aliphatic heterocycles. The van der Waals surface area contributed by atoms with Crippen LogP contribution in [0.5, 0.6) is 17.2 Å². The van der Waals surface area contributed by atoms with E-state index in [4.69, 9.17) is 15.6 Å². The summed E-state index contributed by atoms with van der Waals surface area (Å²) >= 11 is 8.42. The van der Waals surface area contributed by atoms with Crippen LogP contribution in [0.15, 0.2) is 35.9 Å². The van der Waals surface area contributed by atoms with Crippen LogP contribution >= 0.6 is 90.4 Å². The number of aliphatic hydroxyl groups excluding tert-OH is 2. The number of rotatable bonds is 7. The molecular weight excluding hydrogens is 1100 g/mol. The number of halogens is 4. The molecule has 8 atom stereocenters. The van der Waals surface area contributed by atoms with Crippen LogP contribution < -0.4 is 10.5 Å². The summed E-state index contributed by atoms with van der Waals surface area (Å²) in [6.07, 6.45) is 6.00. The van der Waals surface area contributed by atoms with Crippen LogP contribution in [0.25, 0.3) is 0 Å². The Morgan fingerprint density at radius 3 is 2.20 bits per heavy atom. The second kappa shape index (κ2) is 15.6. The maximum absolute atomic E-state index is 12.4. The number of ketones is 2. The molecule has 10 nitrogen and oxygen atoms in total. The molecule has 4 aliphatic carbocycles. The van der Waals surface area contributed by atoms with Gasteiger partial charge in [-0.25, -0.2) is 0 Å². The molecule has 0 amide bonds. The summed E-state index contributed by atoms with van der Waals surface area (Å²) in [7, 11) is 0. The second-order valence-electron chi connectivity index (χ2n) is 14.4. The number of carboxylic acid groups (broad SMARTS) is 1. The van der Waals surface area contributed by atoms with Gasteiger partial charge < -0.3 is 36.0 Å². The minimum atomic E-state index is -1.54. The van der Waals surface area contributed by atoms with E-state index in [0.717, 1.165) is 38.4 Å². The van der Waals surface area contributed by atoms with E-state index in [1.807, 2.05) is 19.1 Å². The van der Waals surface area contributed by atoms with Gasteiger partial charge in [-0.05, 0) is 194 Å². The summed E-state index contributed by atoms with van der Waals surface area (Å²) in [4.78, 5) is 35.2. The number of allylic oxidation sites excluding steroid dienone is 1. The molecule has 3 saturated carbocycles. The summed E-state index contributed by atoms with van der Waals surface area (Å²) in [6, 6.07) is 6.34. The maximum Gasteiger partial charge on any atom is 0.320 e. The molecular formula is C36H41I4NO9. The van der Waals surface area contributed by atoms with E-state index in [1.165, 1.54) is 5.57 Å². The van der Waals surface area contributed by atoms with E-state index < -0.39 is 41.5 Å². The number of fused-ring (bicyclic) bond motifs is 5. The van der Waals surface area contributed by atoms with Gasteiger partial charge in [0.2, 0.25) is 0 Å². The van der Waals surface area contributed by atoms with Crippen molar-refractivity contribution in [1.29, 1.82) is 0 Å². The number of aliphatic hydroxyl groups is 3. The number of ether oxygens (including phenoxy) is 1. The molecule has 6 rings (SSSR count). The first-order valence-electron chi connectivity index (χ1n) is 16.5. The molecule has 0 radical (unpaired) electrons. The van der Waals surface area contributed by atoms with E-state index in [2.05, 4.69) is 97.3 Å². The summed E-state index contributed by atoms with van der Waals surface area (Å²) in [5, 5.41) is 50.5. The minimum Gasteiger partial charge on any atom is -0.506 e. The lowest BCUT2D eigenvalue weighted by Gasteiger charge is -2.60. The maximum atomic E-state index is 12.4. The standard InChI is InChI=1S/C21H30O5.C15H11I4NO4/c1-19-7-5-13(23)9-12(19)3-4-14-15-6-8-21(26,17(25)11-22)20(15,2)10-16(24)18(14)19;16-8-4-7(5-9(17)13(8)21)24-14-10(18)1-6(2-11(14)19)3-12(20)15(22)23/h9,14-16,18,22,24,26H,3-8,10-11H2,1-2H3;1-2,4-5,12,21H,3,20H2,(H,22,23)/t14-,15-,16-,18+,19-,20-,21-;/m0./s1. The third-order valence-electron chi connectivity index (χ3n) is 11.7. The first kappa shape index (κ1) is 40.5. The molecule has 0 heterocycles. The van der Waals surface area contributed by atoms with Gasteiger partial charge >= 0.3 is 5.97 Å². The number of carboxylic acids is 1. The van der Waals surface area contributed by atoms with Crippen LogP contribution in [0.2, 0.25) is 0 Å². The average molecular weight is 1140 g/mol. The minimum absolute atomic E-state index is 0.0697. The Balaban J connectivity index is 0.000000195. The summed E-state index contributed by atoms with van der Waals surface area (Å²) < 4.78 is 9.14. The Morgan fingerprint density at radius 1 is 1.00 bits per heavy atom. The largest absolute Gasteiger partial charge is 0.506 e. The van der Waals surface area contributed by atoms with Crippen molar-refractivity contribution in [2.75, 3.05) is 6.61 Å². The lowest BCUT2D eigenvalue weighted by molar-refractivity contribution is -0.182. The molecule has 50 heavy (non-hydrogen) atoms. The number of nitrogens with two attached hydrogens (primary N) is 1. The van der Waals surface area contributed by atoms with Crippen LogP contribution in [-0.4, -0.2) is 67.4 Å². The van der Waals surface area contributed by atoms with Gasteiger partial charge in [0.1, 0.15) is 29.7 Å². The second-order valence-corrected chi connectivity index (χ2v) is 19.1. The van der Waals surface area contributed by atoms with Crippen molar-refractivity contribution in [3.05, 3.63) is 55.8 Å². The van der Waals surface area contributed by atoms with Gasteiger partial charge in [-0.15, -0.1) is 0 Å². The number of hydrogen-bond donors (Lipinski definition) is 6. The van der Waals surface area contributed by atoms with Crippen molar-refractivity contribution < 1.29 is 44.7 Å². The zero-order valence-corrected chi connectivity index (χ0v) is 36.2. The highest BCUT2D eigenvalue weighted by atomic mass is 127. The van der Waals surface area contributed by atoms with E-state index in [-0.39, 0.29) is 41.1 Å². The monoisotopic (exact) mass is 1140 g/mol. The van der Waals surface area contributed by atoms with E-state index in [1.54, 1.807) is 18.2 Å². The first-order valence-corrected chi connectivity index (χ1v) is 20.8. The Kier molecular flexibility index (Phi) is 12.6. The van der Waals surface area contributed by atoms with Gasteiger partial charge in [0, 0.05) is 11.8 Å². The zero-order valence-electron chi connectivity index (χ0n) is 27.6. The van der Waals surface area contributed by atoms with Crippen molar-refractivity contribution in [1.82, 2.24) is 0 Å². The number of aliphatic carboxylic acids is 1. The number of benzene rings is 2. The molecule has 2 aromatic rings. The summed E-state index contributed by atoms with van der Waals surface area (Å²) in [5.41, 5.74) is 5.21. The quantitative estimate of drug-likeness (QED) is 0.171. The highest BCUT2D eigenvalue weighted by Crippen LogP contribution is 2.67. The molecule has 14 heteroatoms. The fourth-order valence-corrected chi connectivity index (χ4v) is 13.0. The number of carbonyl (C=O) groups is 3. The molecule has 272 valence electrons. The molecule has 2 aromatic carbocycles. The van der Waals surface area contributed by atoms with Crippen LogP contribution in [0.4, 0.5) is 0 Å². The van der Waals surface area contributed by atoms with Crippen molar-refractivity contribution in [3.8, 4) is 17.2 Å². The number of carbonyl (C=O) groups excluding carboxylic acids is 2. The predicted octanol–water partition coefficient (Wildman–Crippen LogP) is 6.34. The SMILES string of the molecule is C[C@]12CCC(=O)C=C1CC[C@@H]1[C@@H]2[C@@H](O)C[C@@]2(C)[C@H]1CC[C@]2(O)C(=O)CO.NC(Cc1cc(I)c(Oc2cc(I)c(O)c(I)c2)c(I)c1)C(=O)O. The highest BCUT2D eigenvalue weighted by Gasteiger charge is 2.68. The highest BCUT2D eigenvalue weighted by molar-refractivity contribution is 14.1. The molecule has 4 aliphatic rings. The number of phenolic OH excluding ortho intramolecular Hbond substituents is 1. The first-order chi connectivity index (χ1) is 23.4. The normalized spacial score (nSPS) is 32.0. The predicted molar refractivity (Wildman–Crippen MR) is 220 cm³/mol. The number of phenols is 1. The van der Waals surface area contributed by atoms with Crippen molar-refractivity contribution >= 4 is 108 Å². The fraction of sp³-hybridized carbons (Fsp3) is 0.528. The summed E-state index contributed by atoms with van der Waals surface area (Å²) in [6.45, 7) is 3.46. The number of aromatic hydroxyl groups is 1. The van der Waals surface area contributed by atoms with Gasteiger partial charge in [0.25, 0.3) is 0 Å². The van der Waals surface area contributed by atoms with Crippen LogP contribution in [-0.2, 0) is 20.8 Å². The molecule has 1 unspecified atom stereocenters. The van der Waals surface area contributed by atoms with Gasteiger partial charge in [-0.1, -0.05) is 19.4 Å². The number of hydrogen-bond acceptors (Lipinski definition) is 9. The number of Topliss-reactive ketones (excluding diaryl/α,β-unsaturated/α-hetero) is 1. The Hall–Kier alpha value is -0.650. The van der Waals surface area contributed by atoms with Gasteiger partial charge in [0.15, 0.2) is 17.3 Å². The van der Waals surface area contributed by atoms with Crippen LogP contribution in [0.1, 0.15) is 64.4 Å². The topological polar surface area (TPSA) is 188 Å². The molecule has 0 saturated heterocycles. The van der Waals surface area contributed by atoms with Crippen LogP contribution in [0, 0.1) is 42.9 Å². The van der Waals surface area contributed by atoms with Crippen molar-refractivity contribution in [2.45, 2.75) is 83.0 Å². The molecule has 0 spiro atoms. The third-order valence-corrected chi connectivity index (χ3v) is 14.9. The Bertz CT molecular complexity index is 1690. The fourth-order valence-electron chi connectivity index (χ4n) is 9.17. The molecule has 0 bridgehead atoms.